The molecule has 1 rings (SSSR count). The van der Waals surface area contributed by atoms with Gasteiger partial charge < -0.3 is 5.32 Å². The monoisotopic (exact) mass is 149 g/mol. The average molecular weight is 149 g/mol. The summed E-state index contributed by atoms with van der Waals surface area (Å²) in [5, 5.41) is 2.73. The third-order valence-electron chi connectivity index (χ3n) is 1.72. The molecule has 0 saturated heterocycles. The minimum absolute atomic E-state index is 0.0406. The Labute approximate surface area is 66.3 Å². The van der Waals surface area contributed by atoms with Gasteiger partial charge in [-0.25, -0.2) is 0 Å². The minimum atomic E-state index is -0.0406. The predicted molar refractivity (Wildman–Crippen MR) is 45.0 cm³/mol. The van der Waals surface area contributed by atoms with Gasteiger partial charge >= 0.3 is 0 Å². The normalized spacial score (nSPS) is 17.6. The van der Waals surface area contributed by atoms with Crippen molar-refractivity contribution in [2.24, 2.45) is 0 Å². The molecule has 0 radical (unpaired) electrons. The Morgan fingerprint density at radius 1 is 1.36 bits per heavy atom. The molecule has 1 amide bonds. The van der Waals surface area contributed by atoms with Crippen molar-refractivity contribution in [3.8, 4) is 0 Å². The third kappa shape index (κ3) is 1.40. The van der Waals surface area contributed by atoms with Gasteiger partial charge in [-0.3, -0.25) is 4.79 Å². The number of carbonyl (C=O) groups excluding carboxylic acids is 1. The average Bonchev–Trinajstić information content (AvgIpc) is 2.04. The van der Waals surface area contributed by atoms with Gasteiger partial charge in [0, 0.05) is 12.1 Å². The molecule has 11 heavy (non-hydrogen) atoms. The number of carbonyl (C=O) groups is 1. The summed E-state index contributed by atoms with van der Waals surface area (Å²) in [6, 6.07) is 0. The number of allylic oxidation sites excluding steroid dienone is 1. The van der Waals surface area contributed by atoms with E-state index < -0.39 is 0 Å². The van der Waals surface area contributed by atoms with Crippen LogP contribution in [-0.2, 0) is 4.79 Å². The van der Waals surface area contributed by atoms with Crippen LogP contribution in [0.5, 0.6) is 0 Å². The van der Waals surface area contributed by atoms with Crippen LogP contribution < -0.4 is 5.32 Å². The number of amides is 1. The fourth-order valence-corrected chi connectivity index (χ4v) is 1.12. The molecule has 1 aliphatic rings. The maximum absolute atomic E-state index is 11.1. The molecular weight excluding hydrogens is 138 g/mol. The van der Waals surface area contributed by atoms with Gasteiger partial charge in [0.15, 0.2) is 0 Å². The van der Waals surface area contributed by atoms with Crippen LogP contribution in [0.1, 0.15) is 6.42 Å². The van der Waals surface area contributed by atoms with E-state index >= 15 is 0 Å². The molecule has 58 valence electrons. The molecule has 0 saturated carbocycles. The van der Waals surface area contributed by atoms with Crippen LogP contribution in [0.15, 0.2) is 36.5 Å². The largest absolute Gasteiger partial charge is 0.352 e. The van der Waals surface area contributed by atoms with Gasteiger partial charge in [-0.2, -0.15) is 0 Å². The number of hydrogen-bond acceptors (Lipinski definition) is 1. The lowest BCUT2D eigenvalue weighted by Gasteiger charge is -2.15. The van der Waals surface area contributed by atoms with Crippen molar-refractivity contribution < 1.29 is 4.79 Å². The summed E-state index contributed by atoms with van der Waals surface area (Å²) < 4.78 is 0. The van der Waals surface area contributed by atoms with E-state index in [0.29, 0.717) is 12.1 Å². The first-order valence-corrected chi connectivity index (χ1v) is 3.56. The van der Waals surface area contributed by atoms with Crippen molar-refractivity contribution >= 4 is 5.91 Å². The van der Waals surface area contributed by atoms with E-state index in [2.05, 4.69) is 18.5 Å². The van der Waals surface area contributed by atoms with E-state index in [1.165, 1.54) is 0 Å². The smallest absolute Gasteiger partial charge is 0.251 e. The molecule has 0 aromatic carbocycles. The van der Waals surface area contributed by atoms with Crippen molar-refractivity contribution in [1.82, 2.24) is 5.32 Å². The summed E-state index contributed by atoms with van der Waals surface area (Å²) in [6.07, 6.45) is 4.15. The Bertz CT molecular complexity index is 238. The molecule has 0 bridgehead atoms. The zero-order valence-electron chi connectivity index (χ0n) is 6.39. The van der Waals surface area contributed by atoms with Gasteiger partial charge in [0.2, 0.25) is 0 Å². The molecule has 1 N–H and O–H groups in total. The third-order valence-corrected chi connectivity index (χ3v) is 1.72. The van der Waals surface area contributed by atoms with Crippen molar-refractivity contribution in [1.29, 1.82) is 0 Å². The number of hydrogen-bond donors (Lipinski definition) is 1. The number of rotatable bonds is 2. The maximum Gasteiger partial charge on any atom is 0.251 e. The van der Waals surface area contributed by atoms with Crippen LogP contribution in [0.2, 0.25) is 0 Å². The standard InChI is InChI=1S/C9H11NO/c1-3-7-5-6-10-9(11)8(7)4-2/h3-4H,1-2,5-6H2,(H,10,11). The van der Waals surface area contributed by atoms with Gasteiger partial charge in [-0.1, -0.05) is 25.3 Å². The van der Waals surface area contributed by atoms with Crippen molar-refractivity contribution in [2.45, 2.75) is 6.42 Å². The van der Waals surface area contributed by atoms with Crippen LogP contribution in [0.3, 0.4) is 0 Å². The van der Waals surface area contributed by atoms with Crippen LogP contribution >= 0.6 is 0 Å². The summed E-state index contributed by atoms with van der Waals surface area (Å²) in [5.41, 5.74) is 1.65. The highest BCUT2D eigenvalue weighted by Gasteiger charge is 2.14. The van der Waals surface area contributed by atoms with Gasteiger partial charge in [0.1, 0.15) is 0 Å². The van der Waals surface area contributed by atoms with Crippen molar-refractivity contribution in [2.75, 3.05) is 6.54 Å². The Balaban J connectivity index is 3.04. The SMILES string of the molecule is C=CC1=C(C=C)C(=O)NCC1. The van der Waals surface area contributed by atoms with E-state index in [-0.39, 0.29) is 5.91 Å². The molecule has 0 aromatic rings. The zero-order chi connectivity index (χ0) is 8.27. The Hall–Kier alpha value is -1.31. The van der Waals surface area contributed by atoms with E-state index in [9.17, 15) is 4.79 Å². The first-order chi connectivity index (χ1) is 5.29. The van der Waals surface area contributed by atoms with Gasteiger partial charge in [-0.05, 0) is 12.0 Å². The quantitative estimate of drug-likeness (QED) is 0.627. The summed E-state index contributed by atoms with van der Waals surface area (Å²) in [6.45, 7) is 7.90. The van der Waals surface area contributed by atoms with Crippen LogP contribution in [0.4, 0.5) is 0 Å². The topological polar surface area (TPSA) is 29.1 Å². The second kappa shape index (κ2) is 3.19. The molecule has 0 spiro atoms. The fourth-order valence-electron chi connectivity index (χ4n) is 1.12. The van der Waals surface area contributed by atoms with Gasteiger partial charge in [0.25, 0.3) is 5.91 Å². The second-order valence-electron chi connectivity index (χ2n) is 2.35. The van der Waals surface area contributed by atoms with Crippen molar-refractivity contribution in [3.63, 3.8) is 0 Å². The molecule has 0 aromatic heterocycles. The molecule has 2 heteroatoms. The van der Waals surface area contributed by atoms with E-state index in [0.717, 1.165) is 12.0 Å². The lowest BCUT2D eigenvalue weighted by molar-refractivity contribution is -0.117. The fraction of sp³-hybridized carbons (Fsp3) is 0.222. The summed E-state index contributed by atoms with van der Waals surface area (Å²) in [4.78, 5) is 11.1. The second-order valence-corrected chi connectivity index (χ2v) is 2.35. The molecule has 0 fully saturated rings. The summed E-state index contributed by atoms with van der Waals surface area (Å²) in [5.74, 6) is -0.0406. The van der Waals surface area contributed by atoms with E-state index in [1.807, 2.05) is 0 Å². The molecule has 1 aliphatic heterocycles. The molecule has 0 aliphatic carbocycles. The molecular formula is C9H11NO. The van der Waals surface area contributed by atoms with Gasteiger partial charge in [0.05, 0.1) is 0 Å². The highest BCUT2D eigenvalue weighted by Crippen LogP contribution is 2.14. The Morgan fingerprint density at radius 3 is 2.55 bits per heavy atom. The van der Waals surface area contributed by atoms with Gasteiger partial charge in [-0.15, -0.1) is 0 Å². The lowest BCUT2D eigenvalue weighted by atomic mass is 10.0. The highest BCUT2D eigenvalue weighted by molar-refractivity contribution is 5.98. The minimum Gasteiger partial charge on any atom is -0.352 e. The first kappa shape index (κ1) is 7.79. The summed E-state index contributed by atoms with van der Waals surface area (Å²) >= 11 is 0. The van der Waals surface area contributed by atoms with Crippen LogP contribution in [-0.4, -0.2) is 12.5 Å². The Morgan fingerprint density at radius 2 is 2.09 bits per heavy atom. The first-order valence-electron chi connectivity index (χ1n) is 3.56. The number of nitrogens with one attached hydrogen (secondary N) is 1. The lowest BCUT2D eigenvalue weighted by Crippen LogP contribution is -2.30. The molecule has 0 unspecified atom stereocenters. The van der Waals surface area contributed by atoms with E-state index in [4.69, 9.17) is 0 Å². The van der Waals surface area contributed by atoms with Crippen LogP contribution in [0.25, 0.3) is 0 Å². The molecule has 2 nitrogen and oxygen atoms in total. The maximum atomic E-state index is 11.1. The molecule has 1 heterocycles. The Kier molecular flexibility index (Phi) is 2.26. The predicted octanol–water partition coefficient (Wildman–Crippen LogP) is 1.17. The highest BCUT2D eigenvalue weighted by atomic mass is 16.1. The molecule has 0 atom stereocenters. The van der Waals surface area contributed by atoms with Crippen molar-refractivity contribution in [3.05, 3.63) is 36.5 Å². The van der Waals surface area contributed by atoms with E-state index in [1.54, 1.807) is 12.2 Å². The van der Waals surface area contributed by atoms with Crippen LogP contribution in [0, 0.1) is 0 Å². The summed E-state index contributed by atoms with van der Waals surface area (Å²) in [7, 11) is 0. The zero-order valence-corrected chi connectivity index (χ0v) is 6.39.